The van der Waals surface area contributed by atoms with Gasteiger partial charge in [-0.05, 0) is 48.4 Å². The van der Waals surface area contributed by atoms with Crippen molar-refractivity contribution in [2.75, 3.05) is 6.54 Å². The van der Waals surface area contributed by atoms with E-state index in [1.54, 1.807) is 0 Å². The Bertz CT molecular complexity index is 370. The average molecular weight is 261 g/mol. The zero-order valence-corrected chi connectivity index (χ0v) is 13.4. The van der Waals surface area contributed by atoms with E-state index < -0.39 is 0 Å². The third-order valence-electron chi connectivity index (χ3n) is 4.18. The van der Waals surface area contributed by atoms with Crippen LogP contribution in [0.3, 0.4) is 0 Å². The van der Waals surface area contributed by atoms with Crippen molar-refractivity contribution in [3.05, 3.63) is 34.9 Å². The minimum atomic E-state index is 0.501. The first-order valence-corrected chi connectivity index (χ1v) is 8.02. The smallest absolute Gasteiger partial charge is 0.0346 e. The first-order valence-electron chi connectivity index (χ1n) is 8.02. The molecule has 108 valence electrons. The lowest BCUT2D eigenvalue weighted by molar-refractivity contribution is 0.377. The van der Waals surface area contributed by atoms with Gasteiger partial charge in [-0.25, -0.2) is 0 Å². The standard InChI is InChI=1S/C18H31N/c1-6-12-19-18(14(5)7-2)17-11-10-15(8-3)16(9-4)13-17/h10-11,13-14,18-19H,6-9,12H2,1-5H3. The SMILES string of the molecule is CCCNC(c1ccc(CC)c(CC)c1)C(C)CC. The van der Waals surface area contributed by atoms with Crippen LogP contribution in [-0.2, 0) is 12.8 Å². The summed E-state index contributed by atoms with van der Waals surface area (Å²) in [5.41, 5.74) is 4.49. The zero-order valence-electron chi connectivity index (χ0n) is 13.4. The molecule has 1 rings (SSSR count). The Kier molecular flexibility index (Phi) is 7.15. The molecular weight excluding hydrogens is 230 g/mol. The molecular formula is C18H31N. The van der Waals surface area contributed by atoms with Crippen LogP contribution >= 0.6 is 0 Å². The van der Waals surface area contributed by atoms with Gasteiger partial charge in [-0.1, -0.05) is 59.2 Å². The van der Waals surface area contributed by atoms with Gasteiger partial charge in [-0.3, -0.25) is 0 Å². The molecule has 0 radical (unpaired) electrons. The molecule has 0 aliphatic heterocycles. The second kappa shape index (κ2) is 8.37. The number of hydrogen-bond acceptors (Lipinski definition) is 1. The first kappa shape index (κ1) is 16.2. The Balaban J connectivity index is 3.00. The van der Waals surface area contributed by atoms with E-state index in [2.05, 4.69) is 58.1 Å². The fourth-order valence-corrected chi connectivity index (χ4v) is 2.70. The van der Waals surface area contributed by atoms with Crippen molar-refractivity contribution in [2.24, 2.45) is 5.92 Å². The fourth-order valence-electron chi connectivity index (χ4n) is 2.70. The quantitative estimate of drug-likeness (QED) is 0.702. The molecule has 0 saturated carbocycles. The minimum absolute atomic E-state index is 0.501. The van der Waals surface area contributed by atoms with Crippen molar-refractivity contribution in [1.82, 2.24) is 5.32 Å². The van der Waals surface area contributed by atoms with Crippen LogP contribution in [-0.4, -0.2) is 6.54 Å². The van der Waals surface area contributed by atoms with E-state index in [9.17, 15) is 0 Å². The van der Waals surface area contributed by atoms with Crippen LogP contribution in [0.1, 0.15) is 70.2 Å². The zero-order chi connectivity index (χ0) is 14.3. The van der Waals surface area contributed by atoms with E-state index in [1.165, 1.54) is 29.5 Å². The molecule has 0 spiro atoms. The molecule has 0 bridgehead atoms. The molecule has 0 aliphatic carbocycles. The molecule has 1 nitrogen and oxygen atoms in total. The summed E-state index contributed by atoms with van der Waals surface area (Å²) in [7, 11) is 0. The van der Waals surface area contributed by atoms with Crippen LogP contribution in [0.2, 0.25) is 0 Å². The van der Waals surface area contributed by atoms with Crippen LogP contribution in [0.4, 0.5) is 0 Å². The van der Waals surface area contributed by atoms with Gasteiger partial charge in [-0.2, -0.15) is 0 Å². The number of hydrogen-bond donors (Lipinski definition) is 1. The second-order valence-electron chi connectivity index (χ2n) is 5.55. The second-order valence-corrected chi connectivity index (χ2v) is 5.55. The molecule has 0 aromatic heterocycles. The van der Waals surface area contributed by atoms with Crippen molar-refractivity contribution in [3.63, 3.8) is 0 Å². The largest absolute Gasteiger partial charge is 0.310 e. The highest BCUT2D eigenvalue weighted by Gasteiger charge is 2.17. The third kappa shape index (κ3) is 4.35. The molecule has 19 heavy (non-hydrogen) atoms. The van der Waals surface area contributed by atoms with Crippen LogP contribution in [0, 0.1) is 5.92 Å². The van der Waals surface area contributed by atoms with Gasteiger partial charge in [-0.15, -0.1) is 0 Å². The maximum atomic E-state index is 3.73. The maximum Gasteiger partial charge on any atom is 0.0346 e. The summed E-state index contributed by atoms with van der Waals surface area (Å²) in [6.45, 7) is 12.5. The predicted molar refractivity (Wildman–Crippen MR) is 85.7 cm³/mol. The van der Waals surface area contributed by atoms with E-state index in [0.717, 1.165) is 19.4 Å². The molecule has 0 aliphatic rings. The van der Waals surface area contributed by atoms with E-state index >= 15 is 0 Å². The highest BCUT2D eigenvalue weighted by Crippen LogP contribution is 2.26. The van der Waals surface area contributed by atoms with E-state index in [-0.39, 0.29) is 0 Å². The van der Waals surface area contributed by atoms with E-state index in [4.69, 9.17) is 0 Å². The summed E-state index contributed by atoms with van der Waals surface area (Å²) in [5.74, 6) is 0.684. The van der Waals surface area contributed by atoms with E-state index in [1.807, 2.05) is 0 Å². The van der Waals surface area contributed by atoms with Crippen molar-refractivity contribution in [2.45, 2.75) is 66.3 Å². The molecule has 0 saturated heterocycles. The Morgan fingerprint density at radius 2 is 1.68 bits per heavy atom. The normalized spacial score (nSPS) is 14.4. The Labute approximate surface area is 119 Å². The molecule has 2 atom stereocenters. The van der Waals surface area contributed by atoms with Gasteiger partial charge in [0.05, 0.1) is 0 Å². The molecule has 1 heteroatoms. The maximum absolute atomic E-state index is 3.73. The number of nitrogens with one attached hydrogen (secondary N) is 1. The van der Waals surface area contributed by atoms with Gasteiger partial charge in [0.15, 0.2) is 0 Å². The molecule has 1 aromatic carbocycles. The fraction of sp³-hybridized carbons (Fsp3) is 0.667. The van der Waals surface area contributed by atoms with Gasteiger partial charge in [0.25, 0.3) is 0 Å². The summed E-state index contributed by atoms with van der Waals surface area (Å²) in [6, 6.07) is 7.59. The molecule has 0 amide bonds. The van der Waals surface area contributed by atoms with Crippen LogP contribution in [0.25, 0.3) is 0 Å². The summed E-state index contributed by atoms with van der Waals surface area (Å²) < 4.78 is 0. The minimum Gasteiger partial charge on any atom is -0.310 e. The summed E-state index contributed by atoms with van der Waals surface area (Å²) in [4.78, 5) is 0. The highest BCUT2D eigenvalue weighted by molar-refractivity contribution is 5.34. The van der Waals surface area contributed by atoms with Gasteiger partial charge in [0.1, 0.15) is 0 Å². The van der Waals surface area contributed by atoms with Crippen molar-refractivity contribution in [3.8, 4) is 0 Å². The van der Waals surface area contributed by atoms with Gasteiger partial charge >= 0.3 is 0 Å². The topological polar surface area (TPSA) is 12.0 Å². The summed E-state index contributed by atoms with van der Waals surface area (Å²) in [6.07, 6.45) is 4.69. The van der Waals surface area contributed by atoms with Gasteiger partial charge in [0, 0.05) is 6.04 Å². The monoisotopic (exact) mass is 261 g/mol. The first-order chi connectivity index (χ1) is 9.17. The Morgan fingerprint density at radius 3 is 2.21 bits per heavy atom. The molecule has 2 unspecified atom stereocenters. The van der Waals surface area contributed by atoms with Crippen LogP contribution in [0.5, 0.6) is 0 Å². The van der Waals surface area contributed by atoms with Crippen LogP contribution < -0.4 is 5.32 Å². The number of benzene rings is 1. The van der Waals surface area contributed by atoms with Crippen molar-refractivity contribution < 1.29 is 0 Å². The predicted octanol–water partition coefficient (Wildman–Crippen LogP) is 4.90. The Hall–Kier alpha value is -0.820. The highest BCUT2D eigenvalue weighted by atomic mass is 14.9. The third-order valence-corrected chi connectivity index (χ3v) is 4.18. The lowest BCUT2D eigenvalue weighted by Gasteiger charge is -2.26. The van der Waals surface area contributed by atoms with Crippen molar-refractivity contribution in [1.29, 1.82) is 0 Å². The van der Waals surface area contributed by atoms with Gasteiger partial charge < -0.3 is 5.32 Å². The molecule has 0 heterocycles. The molecule has 0 fully saturated rings. The number of aryl methyl sites for hydroxylation is 2. The Morgan fingerprint density at radius 1 is 1.00 bits per heavy atom. The van der Waals surface area contributed by atoms with E-state index in [0.29, 0.717) is 12.0 Å². The van der Waals surface area contributed by atoms with Crippen molar-refractivity contribution >= 4 is 0 Å². The lowest BCUT2D eigenvalue weighted by atomic mass is 9.89. The summed E-state index contributed by atoms with van der Waals surface area (Å²) >= 11 is 0. The lowest BCUT2D eigenvalue weighted by Crippen LogP contribution is -2.27. The van der Waals surface area contributed by atoms with Crippen LogP contribution in [0.15, 0.2) is 18.2 Å². The average Bonchev–Trinajstić information content (AvgIpc) is 2.46. The molecule has 1 N–H and O–H groups in total. The molecule has 1 aromatic rings. The summed E-state index contributed by atoms with van der Waals surface area (Å²) in [5, 5.41) is 3.73. The number of rotatable bonds is 8. The van der Waals surface area contributed by atoms with Gasteiger partial charge in [0.2, 0.25) is 0 Å².